The quantitative estimate of drug-likeness (QED) is 0.601. The van der Waals surface area contributed by atoms with Crippen molar-refractivity contribution in [3.05, 3.63) is 69.1 Å². The lowest BCUT2D eigenvalue weighted by molar-refractivity contribution is 0.0223. The number of fused-ring (bicyclic) bond motifs is 2. The molecule has 2 aromatic rings. The van der Waals surface area contributed by atoms with Gasteiger partial charge >= 0.3 is 6.09 Å². The van der Waals surface area contributed by atoms with Crippen molar-refractivity contribution in [2.45, 2.75) is 46.3 Å². The Morgan fingerprint density at radius 3 is 2.66 bits per heavy atom. The summed E-state index contributed by atoms with van der Waals surface area (Å²) in [6, 6.07) is 12.2. The molecule has 0 aromatic heterocycles. The molecule has 29 heavy (non-hydrogen) atoms. The van der Waals surface area contributed by atoms with Crippen LogP contribution in [0.15, 0.2) is 41.6 Å². The maximum absolute atomic E-state index is 12.5. The number of hydrogen-bond donors (Lipinski definition) is 1. The summed E-state index contributed by atoms with van der Waals surface area (Å²) in [6.45, 7) is 8.93. The van der Waals surface area contributed by atoms with E-state index in [1.54, 1.807) is 4.90 Å². The van der Waals surface area contributed by atoms with Crippen LogP contribution >= 0.6 is 0 Å². The van der Waals surface area contributed by atoms with E-state index in [9.17, 15) is 10.0 Å². The van der Waals surface area contributed by atoms with Crippen LogP contribution in [0.4, 0.5) is 4.79 Å². The van der Waals surface area contributed by atoms with Gasteiger partial charge in [0, 0.05) is 18.7 Å². The molecule has 1 amide bonds. The molecular formula is C24H26N2O3. The molecular weight excluding hydrogens is 364 g/mol. The van der Waals surface area contributed by atoms with Gasteiger partial charge in [-0.3, -0.25) is 0 Å². The van der Waals surface area contributed by atoms with Crippen molar-refractivity contribution in [3.8, 4) is 0 Å². The van der Waals surface area contributed by atoms with Crippen LogP contribution in [-0.4, -0.2) is 34.1 Å². The zero-order valence-electron chi connectivity index (χ0n) is 17.3. The molecule has 150 valence electrons. The molecule has 0 radical (unpaired) electrons. The predicted octanol–water partition coefficient (Wildman–Crippen LogP) is 3.11. The first-order valence-corrected chi connectivity index (χ1v) is 9.91. The number of benzene rings is 2. The second kappa shape index (κ2) is 7.07. The number of hydrogen-bond acceptors (Lipinski definition) is 4. The standard InChI is InChI=1S/C24H26N2O3/c1-15-18-11-12-26(23(27)29-24(2,3)4)14-17(18)9-10-19(15)22-20-8-6-5-7-16(20)13-21(22)25-28/h5-10,13,28H,11-12,14H2,1-4H3. The summed E-state index contributed by atoms with van der Waals surface area (Å²) in [5.41, 5.74) is 5.69. The van der Waals surface area contributed by atoms with Crippen molar-refractivity contribution in [2.24, 2.45) is 5.16 Å². The van der Waals surface area contributed by atoms with Gasteiger partial charge in [0.2, 0.25) is 0 Å². The topological polar surface area (TPSA) is 62.1 Å². The Labute approximate surface area is 170 Å². The van der Waals surface area contributed by atoms with Gasteiger partial charge in [-0.15, -0.1) is 0 Å². The lowest BCUT2D eigenvalue weighted by Gasteiger charge is -2.32. The largest absolute Gasteiger partial charge is 0.444 e. The van der Waals surface area contributed by atoms with Gasteiger partial charge < -0.3 is 14.8 Å². The van der Waals surface area contributed by atoms with Crippen LogP contribution in [0.3, 0.4) is 0 Å². The third-order valence-corrected chi connectivity index (χ3v) is 5.50. The van der Waals surface area contributed by atoms with Gasteiger partial charge in [0.05, 0.1) is 0 Å². The maximum atomic E-state index is 12.5. The number of oxime groups is 1. The lowest BCUT2D eigenvalue weighted by atomic mass is 9.88. The van der Waals surface area contributed by atoms with Crippen LogP contribution in [0, 0.1) is 6.92 Å². The van der Waals surface area contributed by atoms with Gasteiger partial charge in [-0.2, -0.15) is 0 Å². The second-order valence-electron chi connectivity index (χ2n) is 8.62. The molecule has 0 fully saturated rings. The fourth-order valence-electron chi connectivity index (χ4n) is 4.16. The Kier molecular flexibility index (Phi) is 4.69. The molecule has 0 unspecified atom stereocenters. The van der Waals surface area contributed by atoms with Crippen LogP contribution in [0.5, 0.6) is 0 Å². The predicted molar refractivity (Wildman–Crippen MR) is 113 cm³/mol. The third kappa shape index (κ3) is 3.53. The number of carbonyl (C=O) groups is 1. The SMILES string of the molecule is Cc1c(C2=c3ccccc3=CC2=NO)ccc2c1CCN(C(=O)OC(C)(C)C)C2. The number of rotatable bonds is 1. The summed E-state index contributed by atoms with van der Waals surface area (Å²) in [7, 11) is 0. The van der Waals surface area contributed by atoms with E-state index in [2.05, 4.69) is 30.3 Å². The summed E-state index contributed by atoms with van der Waals surface area (Å²) >= 11 is 0. The minimum atomic E-state index is -0.500. The first kappa shape index (κ1) is 19.2. The van der Waals surface area contributed by atoms with E-state index in [0.29, 0.717) is 18.8 Å². The highest BCUT2D eigenvalue weighted by Crippen LogP contribution is 2.29. The molecule has 1 aliphatic heterocycles. The van der Waals surface area contributed by atoms with E-state index >= 15 is 0 Å². The first-order chi connectivity index (χ1) is 13.8. The molecule has 0 saturated carbocycles. The van der Waals surface area contributed by atoms with Crippen LogP contribution < -0.4 is 10.4 Å². The monoisotopic (exact) mass is 390 g/mol. The zero-order chi connectivity index (χ0) is 20.8. The van der Waals surface area contributed by atoms with Gasteiger partial charge in [-0.25, -0.2) is 4.79 Å². The fraction of sp³-hybridized carbons (Fsp3) is 0.333. The fourth-order valence-corrected chi connectivity index (χ4v) is 4.16. The summed E-state index contributed by atoms with van der Waals surface area (Å²) in [6.07, 6.45) is 2.42. The van der Waals surface area contributed by atoms with Crippen molar-refractivity contribution < 1.29 is 14.7 Å². The average molecular weight is 390 g/mol. The molecule has 0 spiro atoms. The van der Waals surface area contributed by atoms with E-state index in [0.717, 1.165) is 33.6 Å². The molecule has 5 nitrogen and oxygen atoms in total. The minimum Gasteiger partial charge on any atom is -0.444 e. The molecule has 1 heterocycles. The summed E-state index contributed by atoms with van der Waals surface area (Å²) in [4.78, 5) is 14.2. The highest BCUT2D eigenvalue weighted by molar-refractivity contribution is 6.39. The van der Waals surface area contributed by atoms with Crippen LogP contribution in [0.1, 0.15) is 43.0 Å². The van der Waals surface area contributed by atoms with Crippen molar-refractivity contribution in [3.63, 3.8) is 0 Å². The summed E-state index contributed by atoms with van der Waals surface area (Å²) in [5, 5.41) is 15.2. The van der Waals surface area contributed by atoms with E-state index in [4.69, 9.17) is 4.74 Å². The summed E-state index contributed by atoms with van der Waals surface area (Å²) < 4.78 is 5.53. The minimum absolute atomic E-state index is 0.270. The first-order valence-electron chi connectivity index (χ1n) is 9.91. The lowest BCUT2D eigenvalue weighted by Crippen LogP contribution is -2.40. The van der Waals surface area contributed by atoms with Gasteiger partial charge in [0.25, 0.3) is 0 Å². The van der Waals surface area contributed by atoms with E-state index < -0.39 is 5.60 Å². The van der Waals surface area contributed by atoms with Gasteiger partial charge in [-0.05, 0) is 72.9 Å². The maximum Gasteiger partial charge on any atom is 0.410 e. The molecule has 1 N–H and O–H groups in total. The molecule has 2 aromatic carbocycles. The van der Waals surface area contributed by atoms with Gasteiger partial charge in [0.1, 0.15) is 11.3 Å². The Balaban J connectivity index is 1.72. The Bertz CT molecular complexity index is 1140. The van der Waals surface area contributed by atoms with Crippen molar-refractivity contribution in [1.29, 1.82) is 0 Å². The third-order valence-electron chi connectivity index (χ3n) is 5.50. The molecule has 0 bridgehead atoms. The molecule has 0 atom stereocenters. The number of carbonyl (C=O) groups excluding carboxylic acids is 1. The second-order valence-corrected chi connectivity index (χ2v) is 8.62. The number of amides is 1. The number of ether oxygens (including phenoxy) is 1. The molecule has 1 aliphatic carbocycles. The van der Waals surface area contributed by atoms with Gasteiger partial charge in [0.15, 0.2) is 0 Å². The van der Waals surface area contributed by atoms with Crippen molar-refractivity contribution in [2.75, 3.05) is 6.54 Å². The van der Waals surface area contributed by atoms with E-state index in [1.165, 1.54) is 11.1 Å². The highest BCUT2D eigenvalue weighted by Gasteiger charge is 2.28. The van der Waals surface area contributed by atoms with Crippen LogP contribution in [-0.2, 0) is 17.7 Å². The molecule has 0 saturated heterocycles. The van der Waals surface area contributed by atoms with Crippen LogP contribution in [0.2, 0.25) is 0 Å². The van der Waals surface area contributed by atoms with E-state index in [1.807, 2.05) is 45.0 Å². The average Bonchev–Trinajstić information content (AvgIpc) is 3.05. The van der Waals surface area contributed by atoms with Crippen LogP contribution in [0.25, 0.3) is 11.6 Å². The summed E-state index contributed by atoms with van der Waals surface area (Å²) in [5.74, 6) is 0. The molecule has 5 heteroatoms. The van der Waals surface area contributed by atoms with E-state index in [-0.39, 0.29) is 6.09 Å². The molecule has 2 aliphatic rings. The Morgan fingerprint density at radius 1 is 1.17 bits per heavy atom. The van der Waals surface area contributed by atoms with Crippen molar-refractivity contribution >= 4 is 23.5 Å². The zero-order valence-corrected chi connectivity index (χ0v) is 17.3. The smallest absolute Gasteiger partial charge is 0.410 e. The van der Waals surface area contributed by atoms with Crippen molar-refractivity contribution in [1.82, 2.24) is 4.90 Å². The number of nitrogens with zero attached hydrogens (tertiary/aromatic N) is 2. The Morgan fingerprint density at radius 2 is 1.93 bits per heavy atom. The highest BCUT2D eigenvalue weighted by atomic mass is 16.6. The van der Waals surface area contributed by atoms with Gasteiger partial charge in [-0.1, -0.05) is 41.6 Å². The Hall–Kier alpha value is -3.08. The molecule has 4 rings (SSSR count). The normalized spacial score (nSPS) is 17.0.